The molecule has 0 amide bonds. The second-order valence-electron chi connectivity index (χ2n) is 4.03. The minimum atomic E-state index is -0.592. The third-order valence-corrected chi connectivity index (χ3v) is 2.70. The summed E-state index contributed by atoms with van der Waals surface area (Å²) >= 11 is 0. The lowest BCUT2D eigenvalue weighted by molar-refractivity contribution is -0.115. The van der Waals surface area contributed by atoms with Crippen molar-refractivity contribution < 1.29 is 4.79 Å². The highest BCUT2D eigenvalue weighted by Gasteiger charge is 2.11. The standard InChI is InChI=1S/C16H15NO.ClH/c17-16(14-9-5-2-6-10-14)15(18)12-11-13-7-3-1-4-8-13;/h1-12,16H,17H2;1H. The Morgan fingerprint density at radius 1 is 0.947 bits per heavy atom. The largest absolute Gasteiger partial charge is 0.318 e. The number of ketones is 1. The van der Waals surface area contributed by atoms with Crippen LogP contribution < -0.4 is 5.73 Å². The average Bonchev–Trinajstić information content (AvgIpc) is 2.46. The molecule has 0 spiro atoms. The van der Waals surface area contributed by atoms with Crippen molar-refractivity contribution in [1.29, 1.82) is 0 Å². The maximum Gasteiger partial charge on any atom is 0.176 e. The molecule has 19 heavy (non-hydrogen) atoms. The van der Waals surface area contributed by atoms with E-state index < -0.39 is 6.04 Å². The van der Waals surface area contributed by atoms with E-state index in [9.17, 15) is 4.79 Å². The van der Waals surface area contributed by atoms with Crippen LogP contribution in [0.15, 0.2) is 66.7 Å². The van der Waals surface area contributed by atoms with Crippen molar-refractivity contribution in [3.8, 4) is 0 Å². The molecule has 0 heterocycles. The molecule has 0 aliphatic rings. The van der Waals surface area contributed by atoms with Crippen molar-refractivity contribution in [1.82, 2.24) is 0 Å². The van der Waals surface area contributed by atoms with Crippen LogP contribution in [0.4, 0.5) is 0 Å². The Balaban J connectivity index is 0.00000180. The second kappa shape index (κ2) is 7.52. The SMILES string of the molecule is Cl.NC(C(=O)C=Cc1ccccc1)c1ccccc1. The Hall–Kier alpha value is -1.90. The Morgan fingerprint density at radius 2 is 1.47 bits per heavy atom. The smallest absolute Gasteiger partial charge is 0.176 e. The van der Waals surface area contributed by atoms with Gasteiger partial charge in [0.05, 0.1) is 6.04 Å². The molecule has 2 rings (SSSR count). The molecule has 3 heteroatoms. The van der Waals surface area contributed by atoms with Gasteiger partial charge in [-0.1, -0.05) is 66.7 Å². The molecule has 98 valence electrons. The van der Waals surface area contributed by atoms with Gasteiger partial charge in [-0.3, -0.25) is 4.79 Å². The van der Waals surface area contributed by atoms with Crippen molar-refractivity contribution in [3.05, 3.63) is 77.9 Å². The Kier molecular flexibility index (Phi) is 6.00. The number of benzene rings is 2. The van der Waals surface area contributed by atoms with Gasteiger partial charge in [-0.25, -0.2) is 0 Å². The molecule has 1 atom stereocenters. The Labute approximate surface area is 119 Å². The van der Waals surface area contributed by atoms with Gasteiger partial charge in [-0.05, 0) is 17.2 Å². The van der Waals surface area contributed by atoms with E-state index in [4.69, 9.17) is 5.73 Å². The van der Waals surface area contributed by atoms with Crippen LogP contribution >= 0.6 is 12.4 Å². The lowest BCUT2D eigenvalue weighted by Crippen LogP contribution is -2.19. The predicted octanol–water partition coefficient (Wildman–Crippen LogP) is 3.39. The highest BCUT2D eigenvalue weighted by Crippen LogP contribution is 2.12. The molecule has 0 aliphatic heterocycles. The van der Waals surface area contributed by atoms with Crippen LogP contribution in [0.2, 0.25) is 0 Å². The quantitative estimate of drug-likeness (QED) is 0.868. The van der Waals surface area contributed by atoms with Gasteiger partial charge < -0.3 is 5.73 Å². The van der Waals surface area contributed by atoms with Crippen LogP contribution in [0, 0.1) is 0 Å². The molecule has 0 aromatic heterocycles. The van der Waals surface area contributed by atoms with Crippen LogP contribution in [-0.2, 0) is 4.79 Å². The Morgan fingerprint density at radius 3 is 2.05 bits per heavy atom. The zero-order valence-electron chi connectivity index (χ0n) is 10.4. The lowest BCUT2D eigenvalue weighted by atomic mass is 10.0. The monoisotopic (exact) mass is 273 g/mol. The lowest BCUT2D eigenvalue weighted by Gasteiger charge is -2.07. The van der Waals surface area contributed by atoms with Crippen LogP contribution in [0.3, 0.4) is 0 Å². The maximum atomic E-state index is 11.9. The molecule has 1 unspecified atom stereocenters. The molecule has 2 N–H and O–H groups in total. The second-order valence-corrected chi connectivity index (χ2v) is 4.03. The molecular formula is C16H16ClNO. The van der Waals surface area contributed by atoms with Crippen LogP contribution in [0.25, 0.3) is 6.08 Å². The first-order valence-electron chi connectivity index (χ1n) is 5.85. The topological polar surface area (TPSA) is 43.1 Å². The zero-order valence-corrected chi connectivity index (χ0v) is 11.2. The van der Waals surface area contributed by atoms with Gasteiger partial charge in [-0.15, -0.1) is 12.4 Å². The minimum absolute atomic E-state index is 0. The summed E-state index contributed by atoms with van der Waals surface area (Å²) in [5, 5.41) is 0. The van der Waals surface area contributed by atoms with Crippen LogP contribution in [0.1, 0.15) is 17.2 Å². The molecular weight excluding hydrogens is 258 g/mol. The summed E-state index contributed by atoms with van der Waals surface area (Å²) in [5.41, 5.74) is 7.73. The predicted molar refractivity (Wildman–Crippen MR) is 81.1 cm³/mol. The molecule has 2 nitrogen and oxygen atoms in total. The van der Waals surface area contributed by atoms with Gasteiger partial charge in [0.2, 0.25) is 0 Å². The number of carbonyl (C=O) groups excluding carboxylic acids is 1. The summed E-state index contributed by atoms with van der Waals surface area (Å²) in [6, 6.07) is 18.5. The van der Waals surface area contributed by atoms with E-state index in [0.717, 1.165) is 11.1 Å². The van der Waals surface area contributed by atoms with Crippen molar-refractivity contribution in [3.63, 3.8) is 0 Å². The molecule has 0 saturated heterocycles. The number of hydrogen-bond acceptors (Lipinski definition) is 2. The summed E-state index contributed by atoms with van der Waals surface area (Å²) in [6.45, 7) is 0. The summed E-state index contributed by atoms with van der Waals surface area (Å²) in [4.78, 5) is 11.9. The molecule has 2 aromatic carbocycles. The summed E-state index contributed by atoms with van der Waals surface area (Å²) in [5.74, 6) is -0.0925. The van der Waals surface area contributed by atoms with Crippen molar-refractivity contribution >= 4 is 24.3 Å². The van der Waals surface area contributed by atoms with E-state index in [1.807, 2.05) is 60.7 Å². The van der Waals surface area contributed by atoms with Crippen molar-refractivity contribution in [2.24, 2.45) is 5.73 Å². The van der Waals surface area contributed by atoms with Gasteiger partial charge in [0.25, 0.3) is 0 Å². The number of carbonyl (C=O) groups is 1. The summed E-state index contributed by atoms with van der Waals surface area (Å²) in [6.07, 6.45) is 3.32. The number of halogens is 1. The number of hydrogen-bond donors (Lipinski definition) is 1. The van der Waals surface area contributed by atoms with E-state index in [1.165, 1.54) is 6.08 Å². The average molecular weight is 274 g/mol. The van der Waals surface area contributed by atoms with Gasteiger partial charge in [0, 0.05) is 0 Å². The minimum Gasteiger partial charge on any atom is -0.318 e. The van der Waals surface area contributed by atoms with E-state index in [-0.39, 0.29) is 18.2 Å². The maximum absolute atomic E-state index is 11.9. The highest BCUT2D eigenvalue weighted by molar-refractivity contribution is 5.98. The van der Waals surface area contributed by atoms with Gasteiger partial charge in [-0.2, -0.15) is 0 Å². The van der Waals surface area contributed by atoms with Crippen LogP contribution in [0.5, 0.6) is 0 Å². The van der Waals surface area contributed by atoms with E-state index >= 15 is 0 Å². The summed E-state index contributed by atoms with van der Waals surface area (Å²) < 4.78 is 0. The van der Waals surface area contributed by atoms with Gasteiger partial charge in [0.15, 0.2) is 5.78 Å². The normalized spacial score (nSPS) is 11.8. The molecule has 0 saturated carbocycles. The highest BCUT2D eigenvalue weighted by atomic mass is 35.5. The summed E-state index contributed by atoms with van der Waals surface area (Å²) in [7, 11) is 0. The Bertz CT molecular complexity index is 537. The van der Waals surface area contributed by atoms with Gasteiger partial charge in [0.1, 0.15) is 0 Å². The molecule has 0 bridgehead atoms. The zero-order chi connectivity index (χ0) is 12.8. The fourth-order valence-electron chi connectivity index (χ4n) is 1.67. The molecule has 2 aromatic rings. The number of nitrogens with two attached hydrogens (primary N) is 1. The van der Waals surface area contributed by atoms with Crippen LogP contribution in [-0.4, -0.2) is 5.78 Å². The fraction of sp³-hybridized carbons (Fsp3) is 0.0625. The van der Waals surface area contributed by atoms with Crippen molar-refractivity contribution in [2.45, 2.75) is 6.04 Å². The molecule has 0 fully saturated rings. The van der Waals surface area contributed by atoms with Gasteiger partial charge >= 0.3 is 0 Å². The first kappa shape index (κ1) is 15.2. The third kappa shape index (κ3) is 4.36. The first-order chi connectivity index (χ1) is 8.77. The van der Waals surface area contributed by atoms with E-state index in [2.05, 4.69) is 0 Å². The molecule has 0 radical (unpaired) electrons. The third-order valence-electron chi connectivity index (χ3n) is 2.70. The molecule has 0 aliphatic carbocycles. The van der Waals surface area contributed by atoms with E-state index in [1.54, 1.807) is 6.08 Å². The van der Waals surface area contributed by atoms with E-state index in [0.29, 0.717) is 0 Å². The van der Waals surface area contributed by atoms with Crippen molar-refractivity contribution in [2.75, 3.05) is 0 Å². The number of rotatable bonds is 4. The fourth-order valence-corrected chi connectivity index (χ4v) is 1.67. The first-order valence-corrected chi connectivity index (χ1v) is 5.85.